The van der Waals surface area contributed by atoms with Gasteiger partial charge < -0.3 is 10.7 Å². The van der Waals surface area contributed by atoms with E-state index < -0.39 is 5.25 Å². The first-order valence-corrected chi connectivity index (χ1v) is 10.8. The molecule has 4 rings (SSSR count). The lowest BCUT2D eigenvalue weighted by molar-refractivity contribution is -0.116. The molecule has 0 unspecified atom stereocenters. The number of aryl methyl sites for hydroxylation is 2. The zero-order valence-electron chi connectivity index (χ0n) is 16.2. The van der Waals surface area contributed by atoms with Crippen LogP contribution in [0.1, 0.15) is 36.3 Å². The highest BCUT2D eigenvalue weighted by Gasteiger charge is 2.37. The number of carbonyl (C=O) groups is 1. The van der Waals surface area contributed by atoms with Gasteiger partial charge >= 0.3 is 0 Å². The van der Waals surface area contributed by atoms with Crippen molar-refractivity contribution in [1.29, 1.82) is 0 Å². The van der Waals surface area contributed by atoms with Crippen LogP contribution in [0.3, 0.4) is 0 Å². The molecule has 3 aromatic rings. The summed E-state index contributed by atoms with van der Waals surface area (Å²) >= 11 is 7.64. The summed E-state index contributed by atoms with van der Waals surface area (Å²) in [6, 6.07) is 15.3. The van der Waals surface area contributed by atoms with E-state index in [1.165, 1.54) is 11.8 Å². The van der Waals surface area contributed by atoms with E-state index in [0.717, 1.165) is 29.8 Å². The smallest absolute Gasteiger partial charge is 0.240 e. The second kappa shape index (κ2) is 8.47. The first-order valence-electron chi connectivity index (χ1n) is 9.56. The zero-order valence-corrected chi connectivity index (χ0v) is 17.8. The Kier molecular flexibility index (Phi) is 5.78. The molecule has 2 N–H and O–H groups in total. The summed E-state index contributed by atoms with van der Waals surface area (Å²) in [4.78, 5) is 13.2. The van der Waals surface area contributed by atoms with Gasteiger partial charge in [0.25, 0.3) is 0 Å². The summed E-state index contributed by atoms with van der Waals surface area (Å²) in [5.74, 6) is 0.766. The molecule has 29 heavy (non-hydrogen) atoms. The van der Waals surface area contributed by atoms with Crippen molar-refractivity contribution in [2.45, 2.75) is 43.1 Å². The van der Waals surface area contributed by atoms with Crippen molar-refractivity contribution < 1.29 is 4.79 Å². The summed E-state index contributed by atoms with van der Waals surface area (Å²) < 4.78 is 1.92. The third kappa shape index (κ3) is 4.11. The summed E-state index contributed by atoms with van der Waals surface area (Å²) in [5, 5.41) is 12.5. The van der Waals surface area contributed by atoms with Crippen LogP contribution in [0.4, 0.5) is 5.69 Å². The van der Waals surface area contributed by atoms with Crippen molar-refractivity contribution >= 4 is 35.0 Å². The van der Waals surface area contributed by atoms with E-state index in [-0.39, 0.29) is 11.9 Å². The number of rotatable bonds is 5. The molecule has 1 aliphatic heterocycles. The van der Waals surface area contributed by atoms with Gasteiger partial charge in [-0.2, -0.15) is 0 Å². The highest BCUT2D eigenvalue weighted by atomic mass is 35.5. The maximum absolute atomic E-state index is 13.2. The first-order chi connectivity index (χ1) is 14.1. The zero-order chi connectivity index (χ0) is 20.4. The molecule has 0 radical (unpaired) electrons. The maximum Gasteiger partial charge on any atom is 0.240 e. The molecule has 1 amide bonds. The van der Waals surface area contributed by atoms with Gasteiger partial charge in [-0.15, -0.1) is 10.2 Å². The van der Waals surface area contributed by atoms with E-state index in [1.54, 1.807) is 6.07 Å². The van der Waals surface area contributed by atoms with Gasteiger partial charge in [-0.3, -0.25) is 4.79 Å². The second-order valence-corrected chi connectivity index (χ2v) is 8.51. The number of hydrogen-bond donors (Lipinski definition) is 2. The van der Waals surface area contributed by atoms with Gasteiger partial charge in [-0.25, -0.2) is 4.68 Å². The molecule has 0 bridgehead atoms. The van der Waals surface area contributed by atoms with E-state index in [2.05, 4.69) is 27.9 Å². The van der Waals surface area contributed by atoms with Gasteiger partial charge in [0.2, 0.25) is 11.1 Å². The lowest BCUT2D eigenvalue weighted by atomic mass is 10.0. The van der Waals surface area contributed by atoms with Crippen LogP contribution in [0.15, 0.2) is 53.7 Å². The summed E-state index contributed by atoms with van der Waals surface area (Å²) in [6.07, 6.45) is 1.79. The SMILES string of the molecule is CCCc1nnc2n1N[C@@H](c1ccccc1)[C@@H](C(=O)Nc1ccc(C)c(Cl)c1)S2. The van der Waals surface area contributed by atoms with Crippen molar-refractivity contribution in [2.24, 2.45) is 0 Å². The van der Waals surface area contributed by atoms with Gasteiger partial charge in [0.15, 0.2) is 5.82 Å². The number of halogens is 1. The van der Waals surface area contributed by atoms with Gasteiger partial charge in [0, 0.05) is 17.1 Å². The number of amides is 1. The normalized spacial score (nSPS) is 18.0. The first kappa shape index (κ1) is 19.8. The van der Waals surface area contributed by atoms with Crippen LogP contribution < -0.4 is 10.7 Å². The molecular formula is C21H22ClN5OS. The fourth-order valence-electron chi connectivity index (χ4n) is 3.28. The monoisotopic (exact) mass is 427 g/mol. The highest BCUT2D eigenvalue weighted by molar-refractivity contribution is 8.00. The summed E-state index contributed by atoms with van der Waals surface area (Å²) in [5.41, 5.74) is 6.15. The summed E-state index contributed by atoms with van der Waals surface area (Å²) in [6.45, 7) is 4.04. The Morgan fingerprint density at radius 1 is 1.24 bits per heavy atom. The van der Waals surface area contributed by atoms with E-state index in [0.29, 0.717) is 15.9 Å². The quantitative estimate of drug-likeness (QED) is 0.623. The number of fused-ring (bicyclic) bond motifs is 1. The molecule has 2 heterocycles. The van der Waals surface area contributed by atoms with Crippen molar-refractivity contribution in [3.8, 4) is 0 Å². The average molecular weight is 428 g/mol. The Balaban J connectivity index is 1.65. The lowest BCUT2D eigenvalue weighted by Gasteiger charge is -2.33. The van der Waals surface area contributed by atoms with Crippen LogP contribution in [-0.4, -0.2) is 26.0 Å². The molecule has 2 atom stereocenters. The molecule has 0 fully saturated rings. The third-order valence-corrected chi connectivity index (χ3v) is 6.46. The number of aromatic nitrogens is 3. The fraction of sp³-hybridized carbons (Fsp3) is 0.286. The highest BCUT2D eigenvalue weighted by Crippen LogP contribution is 2.37. The predicted molar refractivity (Wildman–Crippen MR) is 117 cm³/mol. The molecule has 6 nitrogen and oxygen atoms in total. The van der Waals surface area contributed by atoms with Gasteiger partial charge in [0.1, 0.15) is 5.25 Å². The van der Waals surface area contributed by atoms with Crippen LogP contribution in [0.2, 0.25) is 5.02 Å². The van der Waals surface area contributed by atoms with E-state index in [4.69, 9.17) is 11.6 Å². The van der Waals surface area contributed by atoms with Gasteiger partial charge in [-0.1, -0.05) is 66.7 Å². The minimum Gasteiger partial charge on any atom is -0.325 e. The molecule has 0 spiro atoms. The minimum absolute atomic E-state index is 0.109. The third-order valence-electron chi connectivity index (χ3n) is 4.83. The van der Waals surface area contributed by atoms with Crippen molar-refractivity contribution in [2.75, 3.05) is 10.7 Å². The van der Waals surface area contributed by atoms with Crippen molar-refractivity contribution in [1.82, 2.24) is 14.9 Å². The van der Waals surface area contributed by atoms with Crippen LogP contribution in [0.5, 0.6) is 0 Å². The van der Waals surface area contributed by atoms with Crippen LogP contribution >= 0.6 is 23.4 Å². The molecule has 0 saturated carbocycles. The molecule has 150 valence electrons. The summed E-state index contributed by atoms with van der Waals surface area (Å²) in [7, 11) is 0. The van der Waals surface area contributed by atoms with E-state index in [1.807, 2.05) is 54.1 Å². The molecule has 0 saturated heterocycles. The molecule has 8 heteroatoms. The number of nitrogens with zero attached hydrogens (tertiary/aromatic N) is 3. The number of nitrogens with one attached hydrogen (secondary N) is 2. The van der Waals surface area contributed by atoms with Gasteiger partial charge in [-0.05, 0) is 36.6 Å². The van der Waals surface area contributed by atoms with E-state index in [9.17, 15) is 4.79 Å². The predicted octanol–water partition coefficient (Wildman–Crippen LogP) is 4.59. The largest absolute Gasteiger partial charge is 0.325 e. The molecule has 1 aromatic heterocycles. The molecule has 2 aromatic carbocycles. The van der Waals surface area contributed by atoms with Gasteiger partial charge in [0.05, 0.1) is 6.04 Å². The standard InChI is InChI=1S/C21H22ClN5OS/c1-3-7-17-24-25-21-27(17)26-18(14-8-5-4-6-9-14)19(29-21)20(28)23-15-11-10-13(2)16(22)12-15/h4-6,8-12,18-19,26H,3,7H2,1-2H3,(H,23,28)/t18-,19-/m0/s1. The Labute approximate surface area is 179 Å². The number of anilines is 1. The van der Waals surface area contributed by atoms with E-state index >= 15 is 0 Å². The van der Waals surface area contributed by atoms with Crippen molar-refractivity contribution in [3.63, 3.8) is 0 Å². The Hall–Kier alpha value is -2.51. The molecule has 1 aliphatic rings. The van der Waals surface area contributed by atoms with Crippen LogP contribution in [0, 0.1) is 6.92 Å². The van der Waals surface area contributed by atoms with Crippen LogP contribution in [-0.2, 0) is 11.2 Å². The lowest BCUT2D eigenvalue weighted by Crippen LogP contribution is -2.41. The number of thioether (sulfide) groups is 1. The van der Waals surface area contributed by atoms with Crippen molar-refractivity contribution in [3.05, 3.63) is 70.5 Å². The second-order valence-electron chi connectivity index (χ2n) is 6.99. The molecule has 0 aliphatic carbocycles. The van der Waals surface area contributed by atoms with Crippen LogP contribution in [0.25, 0.3) is 0 Å². The topological polar surface area (TPSA) is 71.8 Å². The fourth-order valence-corrected chi connectivity index (χ4v) is 4.56. The number of benzene rings is 2. The Morgan fingerprint density at radius 2 is 2.03 bits per heavy atom. The Bertz CT molecular complexity index is 1020. The average Bonchev–Trinajstić information content (AvgIpc) is 3.13. The minimum atomic E-state index is -0.413. The number of hydrogen-bond acceptors (Lipinski definition) is 5. The maximum atomic E-state index is 13.2. The number of carbonyl (C=O) groups excluding carboxylic acids is 1. The molecular weight excluding hydrogens is 406 g/mol. The Morgan fingerprint density at radius 3 is 2.76 bits per heavy atom.